The van der Waals surface area contributed by atoms with Gasteiger partial charge in [-0.25, -0.2) is 4.98 Å². The van der Waals surface area contributed by atoms with Gasteiger partial charge in [-0.2, -0.15) is 0 Å². The minimum atomic E-state index is -0.269. The highest BCUT2D eigenvalue weighted by molar-refractivity contribution is 5.79. The largest absolute Gasteiger partial charge is 0.346 e. The quantitative estimate of drug-likeness (QED) is 0.688. The van der Waals surface area contributed by atoms with Gasteiger partial charge < -0.3 is 20.2 Å². The topological polar surface area (TPSA) is 118 Å². The molecule has 0 radical (unpaired) electrons. The molecule has 27 heavy (non-hydrogen) atoms. The van der Waals surface area contributed by atoms with E-state index in [0.717, 1.165) is 37.7 Å². The zero-order chi connectivity index (χ0) is 19.6. The molecule has 0 saturated heterocycles. The van der Waals surface area contributed by atoms with Crippen molar-refractivity contribution in [2.75, 3.05) is 13.1 Å². The van der Waals surface area contributed by atoms with Crippen molar-refractivity contribution in [3.63, 3.8) is 0 Å². The summed E-state index contributed by atoms with van der Waals surface area (Å²) >= 11 is 0. The van der Waals surface area contributed by atoms with E-state index in [1.165, 1.54) is 0 Å². The number of rotatable bonds is 5. The Hall–Kier alpha value is -2.55. The van der Waals surface area contributed by atoms with Gasteiger partial charge in [0.25, 0.3) is 5.56 Å². The van der Waals surface area contributed by atoms with E-state index < -0.39 is 0 Å². The van der Waals surface area contributed by atoms with Crippen LogP contribution in [-0.4, -0.2) is 43.7 Å². The average molecular weight is 373 g/mol. The molecule has 9 nitrogen and oxygen atoms in total. The lowest BCUT2D eigenvalue weighted by Gasteiger charge is -2.22. The molecule has 3 N–H and O–H groups in total. The number of aromatic amines is 1. The highest BCUT2D eigenvalue weighted by Crippen LogP contribution is 2.22. The van der Waals surface area contributed by atoms with Crippen LogP contribution in [0.25, 0.3) is 0 Å². The molecule has 3 heterocycles. The summed E-state index contributed by atoms with van der Waals surface area (Å²) < 4.78 is 2.09. The van der Waals surface area contributed by atoms with Gasteiger partial charge in [-0.05, 0) is 19.8 Å². The van der Waals surface area contributed by atoms with Crippen LogP contribution in [0.2, 0.25) is 0 Å². The van der Waals surface area contributed by atoms with Crippen LogP contribution in [-0.2, 0) is 24.2 Å². The highest BCUT2D eigenvalue weighted by Gasteiger charge is 2.26. The number of carbonyl (C=O) groups excluding carboxylic acids is 1. The summed E-state index contributed by atoms with van der Waals surface area (Å²) in [5.74, 6) is 2.15. The monoisotopic (exact) mass is 373 g/mol. The molecule has 0 bridgehead atoms. The van der Waals surface area contributed by atoms with E-state index in [-0.39, 0.29) is 29.8 Å². The number of hydrogen-bond acceptors (Lipinski definition) is 6. The summed E-state index contributed by atoms with van der Waals surface area (Å²) in [6.07, 6.45) is 0.801. The van der Waals surface area contributed by atoms with Crippen molar-refractivity contribution in [3.05, 3.63) is 39.1 Å². The van der Waals surface area contributed by atoms with Gasteiger partial charge in [0.2, 0.25) is 5.91 Å². The predicted octanol–water partition coefficient (Wildman–Crippen LogP) is 0.180. The maximum Gasteiger partial charge on any atom is 0.254 e. The first-order chi connectivity index (χ1) is 12.9. The molecule has 0 unspecified atom stereocenters. The number of aryl methyl sites for hydroxylation is 2. The van der Waals surface area contributed by atoms with Gasteiger partial charge in [-0.1, -0.05) is 13.8 Å². The van der Waals surface area contributed by atoms with Crippen molar-refractivity contribution in [1.82, 2.24) is 35.4 Å². The molecule has 0 fully saturated rings. The van der Waals surface area contributed by atoms with Crippen LogP contribution in [0.15, 0.2) is 4.79 Å². The Labute approximate surface area is 158 Å². The number of amides is 1. The van der Waals surface area contributed by atoms with Crippen molar-refractivity contribution < 1.29 is 4.79 Å². The SMILES string of the molecule is Cc1nc(C)c(CC(=O)N[C@@H](c2nnc3n2CCNCC3)C(C)C)c(=O)[nH]1. The minimum Gasteiger partial charge on any atom is -0.346 e. The van der Waals surface area contributed by atoms with E-state index >= 15 is 0 Å². The molecule has 0 saturated carbocycles. The van der Waals surface area contributed by atoms with Gasteiger partial charge in [-0.3, -0.25) is 9.59 Å². The van der Waals surface area contributed by atoms with E-state index in [0.29, 0.717) is 17.1 Å². The molecule has 9 heteroatoms. The minimum absolute atomic E-state index is 0.0137. The van der Waals surface area contributed by atoms with Gasteiger partial charge in [0.05, 0.1) is 12.5 Å². The molecule has 3 rings (SSSR count). The van der Waals surface area contributed by atoms with Gasteiger partial charge >= 0.3 is 0 Å². The molecule has 0 spiro atoms. The Balaban J connectivity index is 1.81. The van der Waals surface area contributed by atoms with Crippen LogP contribution in [0, 0.1) is 19.8 Å². The van der Waals surface area contributed by atoms with Crippen molar-refractivity contribution >= 4 is 5.91 Å². The number of H-pyrrole nitrogens is 1. The third kappa shape index (κ3) is 4.24. The number of fused-ring (bicyclic) bond motifs is 1. The van der Waals surface area contributed by atoms with Crippen molar-refractivity contribution in [1.29, 1.82) is 0 Å². The maximum atomic E-state index is 12.7. The molecule has 1 atom stereocenters. The predicted molar refractivity (Wildman–Crippen MR) is 100 cm³/mol. The van der Waals surface area contributed by atoms with E-state index in [1.807, 2.05) is 13.8 Å². The van der Waals surface area contributed by atoms with Gasteiger partial charge in [0, 0.05) is 37.3 Å². The fourth-order valence-electron chi connectivity index (χ4n) is 3.40. The van der Waals surface area contributed by atoms with Crippen molar-refractivity contribution in [3.8, 4) is 0 Å². The van der Waals surface area contributed by atoms with E-state index in [2.05, 4.69) is 35.4 Å². The van der Waals surface area contributed by atoms with Crippen LogP contribution in [0.4, 0.5) is 0 Å². The molecule has 0 aromatic carbocycles. The summed E-state index contributed by atoms with van der Waals surface area (Å²) in [7, 11) is 0. The van der Waals surface area contributed by atoms with Crippen LogP contribution >= 0.6 is 0 Å². The second-order valence-electron chi connectivity index (χ2n) is 7.31. The number of carbonyl (C=O) groups is 1. The molecular formula is C18H27N7O2. The molecular weight excluding hydrogens is 346 g/mol. The van der Waals surface area contributed by atoms with Crippen LogP contribution in [0.5, 0.6) is 0 Å². The maximum absolute atomic E-state index is 12.7. The Morgan fingerprint density at radius 3 is 2.74 bits per heavy atom. The first kappa shape index (κ1) is 19.2. The third-order valence-electron chi connectivity index (χ3n) is 4.83. The van der Waals surface area contributed by atoms with Crippen LogP contribution in [0.3, 0.4) is 0 Å². The van der Waals surface area contributed by atoms with Gasteiger partial charge in [0.1, 0.15) is 11.6 Å². The Morgan fingerprint density at radius 2 is 2.04 bits per heavy atom. The summed E-state index contributed by atoms with van der Waals surface area (Å²) in [5.41, 5.74) is 0.707. The van der Waals surface area contributed by atoms with Crippen LogP contribution < -0.4 is 16.2 Å². The zero-order valence-electron chi connectivity index (χ0n) is 16.3. The Bertz CT molecular complexity index is 884. The normalized spacial score (nSPS) is 15.3. The number of hydrogen-bond donors (Lipinski definition) is 3. The average Bonchev–Trinajstić information content (AvgIpc) is 2.83. The van der Waals surface area contributed by atoms with Crippen molar-refractivity contribution in [2.45, 2.75) is 53.1 Å². The standard InChI is InChI=1S/C18H27N7O2/c1-10(2)16(17-24-23-14-5-6-19-7-8-25(14)17)22-15(26)9-13-11(3)20-12(4)21-18(13)27/h10,16,19H,5-9H2,1-4H3,(H,22,26)(H,20,21,27)/t16-/m1/s1. The Morgan fingerprint density at radius 1 is 1.26 bits per heavy atom. The van der Waals surface area contributed by atoms with Gasteiger partial charge in [0.15, 0.2) is 5.82 Å². The molecule has 0 aliphatic carbocycles. The highest BCUT2D eigenvalue weighted by atomic mass is 16.2. The molecule has 2 aromatic heterocycles. The summed E-state index contributed by atoms with van der Waals surface area (Å²) in [6, 6.07) is -0.269. The van der Waals surface area contributed by atoms with E-state index in [4.69, 9.17) is 0 Å². The lowest BCUT2D eigenvalue weighted by Crippen LogP contribution is -2.36. The smallest absolute Gasteiger partial charge is 0.254 e. The van der Waals surface area contributed by atoms with E-state index in [9.17, 15) is 9.59 Å². The molecule has 2 aromatic rings. The lowest BCUT2D eigenvalue weighted by atomic mass is 10.0. The zero-order valence-corrected chi connectivity index (χ0v) is 16.3. The molecule has 146 valence electrons. The summed E-state index contributed by atoms with van der Waals surface area (Å²) in [6.45, 7) is 10.0. The molecule has 1 aliphatic heterocycles. The Kier molecular flexibility index (Phi) is 5.69. The number of nitrogens with zero attached hydrogens (tertiary/aromatic N) is 4. The molecule has 1 aliphatic rings. The molecule has 1 amide bonds. The van der Waals surface area contributed by atoms with Crippen molar-refractivity contribution in [2.24, 2.45) is 5.92 Å². The third-order valence-corrected chi connectivity index (χ3v) is 4.83. The van der Waals surface area contributed by atoms with E-state index in [1.54, 1.807) is 13.8 Å². The van der Waals surface area contributed by atoms with Gasteiger partial charge in [-0.15, -0.1) is 10.2 Å². The summed E-state index contributed by atoms with van der Waals surface area (Å²) in [4.78, 5) is 31.8. The fraction of sp³-hybridized carbons (Fsp3) is 0.611. The number of nitrogens with one attached hydrogen (secondary N) is 3. The van der Waals surface area contributed by atoms with Crippen LogP contribution in [0.1, 0.15) is 48.6 Å². The first-order valence-electron chi connectivity index (χ1n) is 9.35. The first-order valence-corrected chi connectivity index (χ1v) is 9.35. The summed E-state index contributed by atoms with van der Waals surface area (Å²) in [5, 5.41) is 15.1. The lowest BCUT2D eigenvalue weighted by molar-refractivity contribution is -0.121. The fourth-order valence-corrected chi connectivity index (χ4v) is 3.40. The second-order valence-corrected chi connectivity index (χ2v) is 7.31. The number of aromatic nitrogens is 5. The second kappa shape index (κ2) is 7.99.